The predicted octanol–water partition coefficient (Wildman–Crippen LogP) is 0.190. The van der Waals surface area contributed by atoms with E-state index >= 15 is 0 Å². The van der Waals surface area contributed by atoms with E-state index in [9.17, 15) is 8.42 Å². The van der Waals surface area contributed by atoms with Gasteiger partial charge < -0.3 is 5.11 Å². The molecule has 1 unspecified atom stereocenters. The maximum atomic E-state index is 10.9. The minimum atomic E-state index is -3.15. The molecule has 4 heteroatoms. The van der Waals surface area contributed by atoms with Crippen LogP contribution in [0.15, 0.2) is 0 Å². The highest BCUT2D eigenvalue weighted by atomic mass is 32.2. The number of hydrogen-bond acceptors (Lipinski definition) is 3. The molecule has 1 atom stereocenters. The Balaban J connectivity index is 4.76. The molecule has 62 valence electrons. The predicted molar refractivity (Wildman–Crippen MR) is 40.6 cm³/mol. The summed E-state index contributed by atoms with van der Waals surface area (Å²) in [5, 5.41) is 9.04. The fraction of sp³-hybridized carbons (Fsp3) is 1.00. The Morgan fingerprint density at radius 3 is 1.70 bits per heavy atom. The molecule has 0 radical (unpaired) electrons. The molecule has 1 N–H and O–H groups in total. The van der Waals surface area contributed by atoms with Gasteiger partial charge in [-0.1, -0.05) is 0 Å². The zero-order chi connectivity index (χ0) is 8.58. The van der Waals surface area contributed by atoms with Crippen LogP contribution in [0, 0.1) is 0 Å². The molecule has 0 saturated carbocycles. The first-order valence-electron chi connectivity index (χ1n) is 3.07. The van der Waals surface area contributed by atoms with Crippen LogP contribution in [-0.4, -0.2) is 30.6 Å². The molecule has 0 aliphatic carbocycles. The van der Waals surface area contributed by atoms with Gasteiger partial charge in [-0.05, 0) is 20.8 Å². The zero-order valence-electron chi connectivity index (χ0n) is 6.75. The smallest absolute Gasteiger partial charge is 0.155 e. The Hall–Kier alpha value is -0.0900. The fourth-order valence-corrected chi connectivity index (χ4v) is 0.929. The molecule has 0 aromatic heterocycles. The summed E-state index contributed by atoms with van der Waals surface area (Å²) in [6.45, 7) is 4.49. The van der Waals surface area contributed by atoms with Crippen LogP contribution in [0.3, 0.4) is 0 Å². The van der Waals surface area contributed by atoms with E-state index in [0.29, 0.717) is 0 Å². The molecule has 0 heterocycles. The van der Waals surface area contributed by atoms with Gasteiger partial charge in [0.2, 0.25) is 0 Å². The van der Waals surface area contributed by atoms with Gasteiger partial charge in [0.1, 0.15) is 0 Å². The van der Waals surface area contributed by atoms with Gasteiger partial charge in [-0.3, -0.25) is 0 Å². The summed E-state index contributed by atoms with van der Waals surface area (Å²) in [5.74, 6) is 0. The number of aliphatic hydroxyl groups excluding tert-OH is 1. The zero-order valence-corrected chi connectivity index (χ0v) is 7.57. The summed E-state index contributed by atoms with van der Waals surface area (Å²) < 4.78 is 20.8. The molecule has 0 rings (SSSR count). The van der Waals surface area contributed by atoms with Crippen molar-refractivity contribution in [3.05, 3.63) is 0 Å². The summed E-state index contributed by atoms with van der Waals surface area (Å²) in [5.41, 5.74) is 0. The highest BCUT2D eigenvalue weighted by Crippen LogP contribution is 2.19. The van der Waals surface area contributed by atoms with Gasteiger partial charge in [0.15, 0.2) is 9.84 Å². The highest BCUT2D eigenvalue weighted by Gasteiger charge is 2.34. The summed E-state index contributed by atoms with van der Waals surface area (Å²) >= 11 is 0. The minimum Gasteiger partial charge on any atom is -0.392 e. The first-order chi connectivity index (χ1) is 4.19. The SMILES string of the molecule is CC(O)C(C)(C)S(C)(=O)=O. The average molecular weight is 166 g/mol. The van der Waals surface area contributed by atoms with Crippen LogP contribution in [-0.2, 0) is 9.84 Å². The summed E-state index contributed by atoms with van der Waals surface area (Å²) in [6.07, 6.45) is 0.294. The van der Waals surface area contributed by atoms with Crippen molar-refractivity contribution in [2.24, 2.45) is 0 Å². The third-order valence-corrected chi connectivity index (χ3v) is 4.21. The Kier molecular flexibility index (Phi) is 2.49. The molecule has 0 spiro atoms. The Morgan fingerprint density at radius 1 is 1.40 bits per heavy atom. The van der Waals surface area contributed by atoms with E-state index in [1.165, 1.54) is 20.8 Å². The van der Waals surface area contributed by atoms with Crippen LogP contribution in [0.25, 0.3) is 0 Å². The fourth-order valence-electron chi connectivity index (χ4n) is 0.310. The maximum Gasteiger partial charge on any atom is 0.155 e. The second-order valence-electron chi connectivity index (χ2n) is 3.05. The number of sulfone groups is 1. The lowest BCUT2D eigenvalue weighted by Gasteiger charge is -2.25. The van der Waals surface area contributed by atoms with Gasteiger partial charge >= 0.3 is 0 Å². The Morgan fingerprint density at radius 2 is 1.70 bits per heavy atom. The van der Waals surface area contributed by atoms with Gasteiger partial charge in [0.05, 0.1) is 10.9 Å². The van der Waals surface area contributed by atoms with Crippen molar-refractivity contribution < 1.29 is 13.5 Å². The molecule has 0 aliphatic heterocycles. The van der Waals surface area contributed by atoms with Crippen molar-refractivity contribution in [3.63, 3.8) is 0 Å². The molecule has 10 heavy (non-hydrogen) atoms. The number of aliphatic hydroxyl groups is 1. The van der Waals surface area contributed by atoms with Crippen LogP contribution >= 0.6 is 0 Å². The first kappa shape index (κ1) is 9.91. The summed E-state index contributed by atoms with van der Waals surface area (Å²) in [7, 11) is -3.15. The van der Waals surface area contributed by atoms with Crippen LogP contribution < -0.4 is 0 Å². The molecule has 0 bridgehead atoms. The van der Waals surface area contributed by atoms with Crippen molar-refractivity contribution in [2.75, 3.05) is 6.26 Å². The first-order valence-corrected chi connectivity index (χ1v) is 4.96. The molecular weight excluding hydrogens is 152 g/mol. The molecule has 0 fully saturated rings. The lowest BCUT2D eigenvalue weighted by molar-refractivity contribution is 0.156. The Labute approximate surface area is 62.0 Å². The topological polar surface area (TPSA) is 54.4 Å². The third-order valence-electron chi connectivity index (χ3n) is 1.96. The van der Waals surface area contributed by atoms with Crippen LogP contribution in [0.2, 0.25) is 0 Å². The Bertz CT molecular complexity index is 201. The third kappa shape index (κ3) is 1.70. The monoisotopic (exact) mass is 166 g/mol. The van der Waals surface area contributed by atoms with Crippen LogP contribution in [0.1, 0.15) is 20.8 Å². The molecule has 0 saturated heterocycles. The van der Waals surface area contributed by atoms with Crippen molar-refractivity contribution in [3.8, 4) is 0 Å². The lowest BCUT2D eigenvalue weighted by Crippen LogP contribution is -2.41. The van der Waals surface area contributed by atoms with Crippen molar-refractivity contribution in [1.82, 2.24) is 0 Å². The quantitative estimate of drug-likeness (QED) is 0.637. The minimum absolute atomic E-state index is 0.831. The van der Waals surface area contributed by atoms with Gasteiger partial charge in [0.25, 0.3) is 0 Å². The summed E-state index contributed by atoms with van der Waals surface area (Å²) in [6, 6.07) is 0. The lowest BCUT2D eigenvalue weighted by atomic mass is 10.1. The molecule has 0 aromatic carbocycles. The van der Waals surface area contributed by atoms with E-state index in [4.69, 9.17) is 5.11 Å². The van der Waals surface area contributed by atoms with E-state index in [-0.39, 0.29) is 0 Å². The summed E-state index contributed by atoms with van der Waals surface area (Å²) in [4.78, 5) is 0. The molecular formula is C6H14O3S. The maximum absolute atomic E-state index is 10.9. The number of rotatable bonds is 2. The second kappa shape index (κ2) is 2.51. The van der Waals surface area contributed by atoms with E-state index in [0.717, 1.165) is 6.26 Å². The molecule has 3 nitrogen and oxygen atoms in total. The van der Waals surface area contributed by atoms with E-state index in [1.807, 2.05) is 0 Å². The van der Waals surface area contributed by atoms with E-state index in [2.05, 4.69) is 0 Å². The molecule has 0 aromatic rings. The molecule has 0 amide bonds. The van der Waals surface area contributed by atoms with E-state index in [1.54, 1.807) is 0 Å². The normalized spacial score (nSPS) is 16.9. The van der Waals surface area contributed by atoms with Gasteiger partial charge in [0, 0.05) is 6.26 Å². The highest BCUT2D eigenvalue weighted by molar-refractivity contribution is 7.92. The largest absolute Gasteiger partial charge is 0.392 e. The van der Waals surface area contributed by atoms with Crippen molar-refractivity contribution in [1.29, 1.82) is 0 Å². The van der Waals surface area contributed by atoms with Crippen molar-refractivity contribution in [2.45, 2.75) is 31.6 Å². The second-order valence-corrected chi connectivity index (χ2v) is 5.65. The van der Waals surface area contributed by atoms with Gasteiger partial charge in [-0.25, -0.2) is 8.42 Å². The van der Waals surface area contributed by atoms with Crippen LogP contribution in [0.5, 0.6) is 0 Å². The van der Waals surface area contributed by atoms with Crippen molar-refractivity contribution >= 4 is 9.84 Å². The van der Waals surface area contributed by atoms with Gasteiger partial charge in [-0.15, -0.1) is 0 Å². The average Bonchev–Trinajstić information content (AvgIpc) is 1.62. The number of hydrogen-bond donors (Lipinski definition) is 1. The van der Waals surface area contributed by atoms with E-state index < -0.39 is 20.7 Å². The standard InChI is InChI=1S/C6H14O3S/c1-5(7)6(2,3)10(4,8)9/h5,7H,1-4H3. The molecule has 0 aliphatic rings. The van der Waals surface area contributed by atoms with Gasteiger partial charge in [-0.2, -0.15) is 0 Å². The van der Waals surface area contributed by atoms with Crippen LogP contribution in [0.4, 0.5) is 0 Å².